The fraction of sp³-hybridized carbons (Fsp3) is 0. The minimum Gasteiger partial charge on any atom is -0.455 e. The van der Waals surface area contributed by atoms with Crippen LogP contribution in [-0.4, -0.2) is 0 Å². The fourth-order valence-corrected chi connectivity index (χ4v) is 7.10. The second-order valence-corrected chi connectivity index (χ2v) is 12.5. The molecule has 0 spiro atoms. The van der Waals surface area contributed by atoms with Gasteiger partial charge < -0.3 is 9.32 Å². The Kier molecular flexibility index (Phi) is 7.53. The van der Waals surface area contributed by atoms with Crippen LogP contribution in [0.5, 0.6) is 0 Å². The molecule has 1 aromatic heterocycles. The first-order valence-electron chi connectivity index (χ1n) is 17.0. The van der Waals surface area contributed by atoms with Gasteiger partial charge in [0.2, 0.25) is 0 Å². The summed E-state index contributed by atoms with van der Waals surface area (Å²) in [5.41, 5.74) is 14.4. The fourth-order valence-electron chi connectivity index (χ4n) is 7.10. The minimum absolute atomic E-state index is 0.901. The molecule has 0 atom stereocenters. The molecule has 50 heavy (non-hydrogen) atoms. The van der Waals surface area contributed by atoms with Crippen LogP contribution in [0.4, 0.5) is 17.1 Å². The highest BCUT2D eigenvalue weighted by Gasteiger charge is 2.20. The van der Waals surface area contributed by atoms with Crippen LogP contribution >= 0.6 is 0 Å². The second-order valence-electron chi connectivity index (χ2n) is 12.5. The number of hydrogen-bond acceptors (Lipinski definition) is 2. The maximum atomic E-state index is 6.57. The van der Waals surface area contributed by atoms with Crippen LogP contribution in [0.1, 0.15) is 0 Å². The smallest absolute Gasteiger partial charge is 0.143 e. The topological polar surface area (TPSA) is 16.4 Å². The highest BCUT2D eigenvalue weighted by Crippen LogP contribution is 2.44. The Bertz CT molecular complexity index is 2550. The van der Waals surface area contributed by atoms with E-state index in [-0.39, 0.29) is 0 Å². The third-order valence-electron chi connectivity index (χ3n) is 9.51. The Morgan fingerprint density at radius 3 is 1.50 bits per heavy atom. The molecule has 0 unspecified atom stereocenters. The van der Waals surface area contributed by atoms with E-state index in [9.17, 15) is 0 Å². The van der Waals surface area contributed by atoms with Crippen molar-refractivity contribution in [1.82, 2.24) is 0 Å². The molecule has 0 amide bonds. The standard InChI is InChI=1S/C48H33NO/c1-4-14-34(15-5-1)35-24-28-39(29-25-35)49(45-22-12-10-20-41(45)36-16-6-2-7-17-36)40-30-26-37(27-31-40)42-32-33-44-43-21-11-13-23-46(43)50-48(44)47(42)38-18-8-3-9-19-38/h1-33H. The van der Waals surface area contributed by atoms with Crippen molar-refractivity contribution in [2.45, 2.75) is 0 Å². The first-order chi connectivity index (χ1) is 24.8. The van der Waals surface area contributed by atoms with Crippen molar-refractivity contribution in [3.63, 3.8) is 0 Å². The minimum atomic E-state index is 0.901. The van der Waals surface area contributed by atoms with Crippen molar-refractivity contribution >= 4 is 39.0 Å². The normalized spacial score (nSPS) is 11.2. The molecule has 0 N–H and O–H groups in total. The van der Waals surface area contributed by atoms with E-state index in [1.54, 1.807) is 0 Å². The van der Waals surface area contributed by atoms with Gasteiger partial charge in [-0.1, -0.05) is 158 Å². The van der Waals surface area contributed by atoms with Gasteiger partial charge in [-0.2, -0.15) is 0 Å². The highest BCUT2D eigenvalue weighted by atomic mass is 16.3. The number of hydrogen-bond donors (Lipinski definition) is 0. The van der Waals surface area contributed by atoms with Crippen LogP contribution in [0.15, 0.2) is 205 Å². The molecule has 9 rings (SSSR count). The summed E-state index contributed by atoms with van der Waals surface area (Å²) < 4.78 is 6.57. The number of nitrogens with zero attached hydrogens (tertiary/aromatic N) is 1. The molecule has 0 saturated carbocycles. The van der Waals surface area contributed by atoms with Crippen molar-refractivity contribution in [3.05, 3.63) is 200 Å². The van der Waals surface area contributed by atoms with Crippen LogP contribution in [0.3, 0.4) is 0 Å². The largest absolute Gasteiger partial charge is 0.455 e. The zero-order valence-electron chi connectivity index (χ0n) is 27.4. The van der Waals surface area contributed by atoms with Crippen LogP contribution in [0.25, 0.3) is 66.4 Å². The summed E-state index contributed by atoms with van der Waals surface area (Å²) >= 11 is 0. The van der Waals surface area contributed by atoms with E-state index in [1.165, 1.54) is 22.3 Å². The Hall–Kier alpha value is -6.64. The van der Waals surface area contributed by atoms with Gasteiger partial charge in [-0.25, -0.2) is 0 Å². The molecule has 2 nitrogen and oxygen atoms in total. The number of rotatable bonds is 7. The number of fused-ring (bicyclic) bond motifs is 3. The lowest BCUT2D eigenvalue weighted by atomic mass is 9.92. The van der Waals surface area contributed by atoms with Crippen molar-refractivity contribution < 1.29 is 4.42 Å². The molecule has 1 heterocycles. The molecule has 2 heteroatoms. The summed E-state index contributed by atoms with van der Waals surface area (Å²) in [6.45, 7) is 0. The van der Waals surface area contributed by atoms with E-state index in [1.807, 2.05) is 12.1 Å². The maximum absolute atomic E-state index is 6.57. The predicted octanol–water partition coefficient (Wildman–Crippen LogP) is 13.7. The zero-order valence-corrected chi connectivity index (χ0v) is 27.4. The molecule has 0 radical (unpaired) electrons. The van der Waals surface area contributed by atoms with Crippen LogP contribution in [0, 0.1) is 0 Å². The molecule has 0 aliphatic heterocycles. The first-order valence-corrected chi connectivity index (χ1v) is 17.0. The Morgan fingerprint density at radius 2 is 0.820 bits per heavy atom. The summed E-state index contributed by atoms with van der Waals surface area (Å²) in [5, 5.41) is 2.26. The average Bonchev–Trinajstić information content (AvgIpc) is 3.58. The molecule has 9 aromatic rings. The maximum Gasteiger partial charge on any atom is 0.143 e. The Morgan fingerprint density at radius 1 is 0.320 bits per heavy atom. The molecule has 0 bridgehead atoms. The first kappa shape index (κ1) is 29.5. The molecule has 0 fully saturated rings. The number of benzene rings is 8. The molecular weight excluding hydrogens is 607 g/mol. The average molecular weight is 640 g/mol. The van der Waals surface area contributed by atoms with Gasteiger partial charge in [0.15, 0.2) is 0 Å². The van der Waals surface area contributed by atoms with E-state index in [2.05, 4.69) is 193 Å². The van der Waals surface area contributed by atoms with Gasteiger partial charge in [-0.15, -0.1) is 0 Å². The van der Waals surface area contributed by atoms with Gasteiger partial charge in [0, 0.05) is 33.3 Å². The van der Waals surface area contributed by atoms with Crippen molar-refractivity contribution in [2.75, 3.05) is 4.90 Å². The van der Waals surface area contributed by atoms with Crippen molar-refractivity contribution in [2.24, 2.45) is 0 Å². The predicted molar refractivity (Wildman–Crippen MR) is 210 cm³/mol. The lowest BCUT2D eigenvalue weighted by Crippen LogP contribution is -2.11. The number of para-hydroxylation sites is 2. The van der Waals surface area contributed by atoms with E-state index in [0.717, 1.165) is 61.3 Å². The van der Waals surface area contributed by atoms with Gasteiger partial charge >= 0.3 is 0 Å². The summed E-state index contributed by atoms with van der Waals surface area (Å²) in [7, 11) is 0. The quantitative estimate of drug-likeness (QED) is 0.173. The molecule has 8 aromatic carbocycles. The van der Waals surface area contributed by atoms with E-state index in [0.29, 0.717) is 0 Å². The van der Waals surface area contributed by atoms with E-state index < -0.39 is 0 Å². The van der Waals surface area contributed by atoms with Gasteiger partial charge in [-0.3, -0.25) is 0 Å². The van der Waals surface area contributed by atoms with Crippen LogP contribution < -0.4 is 4.90 Å². The summed E-state index contributed by atoms with van der Waals surface area (Å²) in [6.07, 6.45) is 0. The molecule has 0 saturated heterocycles. The third kappa shape index (κ3) is 5.34. The zero-order chi connectivity index (χ0) is 33.3. The highest BCUT2D eigenvalue weighted by molar-refractivity contribution is 6.12. The number of anilines is 3. The van der Waals surface area contributed by atoms with Gasteiger partial charge in [0.05, 0.1) is 5.69 Å². The third-order valence-corrected chi connectivity index (χ3v) is 9.51. The van der Waals surface area contributed by atoms with Crippen molar-refractivity contribution in [3.8, 4) is 44.5 Å². The van der Waals surface area contributed by atoms with Gasteiger partial charge in [0.1, 0.15) is 11.2 Å². The second kappa shape index (κ2) is 12.8. The van der Waals surface area contributed by atoms with Gasteiger partial charge in [0.25, 0.3) is 0 Å². The Balaban J connectivity index is 1.19. The lowest BCUT2D eigenvalue weighted by Gasteiger charge is -2.28. The summed E-state index contributed by atoms with van der Waals surface area (Å²) in [4.78, 5) is 2.36. The Labute approximate surface area is 292 Å². The monoisotopic (exact) mass is 639 g/mol. The summed E-state index contributed by atoms with van der Waals surface area (Å²) in [5.74, 6) is 0. The number of furan rings is 1. The lowest BCUT2D eigenvalue weighted by molar-refractivity contribution is 0.670. The van der Waals surface area contributed by atoms with Crippen LogP contribution in [0.2, 0.25) is 0 Å². The molecule has 0 aliphatic carbocycles. The molecule has 0 aliphatic rings. The SMILES string of the molecule is c1ccc(-c2ccc(N(c3ccc(-c4ccc5c(oc6ccccc65)c4-c4ccccc4)cc3)c3ccccc3-c3ccccc3)cc2)cc1. The van der Waals surface area contributed by atoms with E-state index >= 15 is 0 Å². The molecular formula is C48H33NO. The van der Waals surface area contributed by atoms with Crippen LogP contribution in [-0.2, 0) is 0 Å². The van der Waals surface area contributed by atoms with E-state index in [4.69, 9.17) is 4.42 Å². The summed E-state index contributed by atoms with van der Waals surface area (Å²) in [6, 6.07) is 71.0. The van der Waals surface area contributed by atoms with Crippen molar-refractivity contribution in [1.29, 1.82) is 0 Å². The molecule has 236 valence electrons. The van der Waals surface area contributed by atoms with Gasteiger partial charge in [-0.05, 0) is 75.8 Å².